The lowest BCUT2D eigenvalue weighted by Gasteiger charge is -2.04. The maximum atomic E-state index is 11.9. The van der Waals surface area contributed by atoms with Crippen molar-refractivity contribution in [3.05, 3.63) is 39.8 Å². The monoisotopic (exact) mass is 261 g/mol. The van der Waals surface area contributed by atoms with Gasteiger partial charge in [0, 0.05) is 23.1 Å². The average molecular weight is 261 g/mol. The summed E-state index contributed by atoms with van der Waals surface area (Å²) in [5, 5.41) is 0. The lowest BCUT2D eigenvalue weighted by molar-refractivity contribution is 0.398. The molecular weight excluding hydrogens is 250 g/mol. The van der Waals surface area contributed by atoms with Gasteiger partial charge in [0.1, 0.15) is 5.69 Å². The van der Waals surface area contributed by atoms with Crippen LogP contribution in [0.1, 0.15) is 11.3 Å². The Labute approximate surface area is 108 Å². The molecule has 2 aromatic heterocycles. The number of aromatic nitrogens is 3. The zero-order chi connectivity index (χ0) is 12.5. The van der Waals surface area contributed by atoms with Crippen molar-refractivity contribution in [2.45, 2.75) is 11.5 Å². The minimum Gasteiger partial charge on any atom is -0.481 e. The van der Waals surface area contributed by atoms with E-state index in [1.807, 2.05) is 6.07 Å². The molecule has 0 fully saturated rings. The van der Waals surface area contributed by atoms with E-state index in [2.05, 4.69) is 15.0 Å². The van der Waals surface area contributed by atoms with E-state index in [9.17, 15) is 4.79 Å². The largest absolute Gasteiger partial charge is 0.481 e. The second-order valence-electron chi connectivity index (χ2n) is 3.90. The van der Waals surface area contributed by atoms with Gasteiger partial charge in [-0.25, -0.2) is 9.97 Å². The third-order valence-corrected chi connectivity index (χ3v) is 3.73. The van der Waals surface area contributed by atoms with E-state index < -0.39 is 0 Å². The highest BCUT2D eigenvalue weighted by Gasteiger charge is 2.18. The molecule has 6 heteroatoms. The van der Waals surface area contributed by atoms with Crippen LogP contribution in [-0.4, -0.2) is 22.1 Å². The quantitative estimate of drug-likeness (QED) is 0.889. The summed E-state index contributed by atoms with van der Waals surface area (Å²) in [7, 11) is 1.56. The fourth-order valence-electron chi connectivity index (χ4n) is 1.84. The molecular formula is C12H11N3O2S. The normalized spacial score (nSPS) is 13.4. The van der Waals surface area contributed by atoms with Crippen LogP contribution >= 0.6 is 11.8 Å². The summed E-state index contributed by atoms with van der Waals surface area (Å²) in [5.41, 5.74) is 2.20. The van der Waals surface area contributed by atoms with Crippen LogP contribution in [0.5, 0.6) is 5.88 Å². The van der Waals surface area contributed by atoms with Crippen molar-refractivity contribution in [2.24, 2.45) is 0 Å². The highest BCUT2D eigenvalue weighted by atomic mass is 32.2. The Bertz CT molecular complexity index is 654. The van der Waals surface area contributed by atoms with Crippen molar-refractivity contribution in [1.82, 2.24) is 15.0 Å². The van der Waals surface area contributed by atoms with Crippen LogP contribution in [0, 0.1) is 0 Å². The van der Waals surface area contributed by atoms with Crippen molar-refractivity contribution in [1.29, 1.82) is 0 Å². The number of rotatable bonds is 2. The Balaban J connectivity index is 2.12. The van der Waals surface area contributed by atoms with Gasteiger partial charge in [-0.3, -0.25) is 4.79 Å². The first kappa shape index (κ1) is 11.3. The molecule has 0 amide bonds. The number of methoxy groups -OCH3 is 1. The van der Waals surface area contributed by atoms with Gasteiger partial charge < -0.3 is 9.72 Å². The van der Waals surface area contributed by atoms with E-state index in [0.717, 1.165) is 22.8 Å². The lowest BCUT2D eigenvalue weighted by Crippen LogP contribution is -2.15. The topological polar surface area (TPSA) is 67.9 Å². The van der Waals surface area contributed by atoms with Crippen LogP contribution in [0.25, 0.3) is 11.5 Å². The van der Waals surface area contributed by atoms with Gasteiger partial charge >= 0.3 is 0 Å². The van der Waals surface area contributed by atoms with Crippen molar-refractivity contribution < 1.29 is 4.74 Å². The van der Waals surface area contributed by atoms with E-state index in [0.29, 0.717) is 17.4 Å². The van der Waals surface area contributed by atoms with Crippen LogP contribution < -0.4 is 10.3 Å². The molecule has 0 radical (unpaired) electrons. The summed E-state index contributed by atoms with van der Waals surface area (Å²) in [6, 6.07) is 5.38. The third kappa shape index (κ3) is 1.88. The number of pyridine rings is 1. The minimum absolute atomic E-state index is 0.0652. The average Bonchev–Trinajstić information content (AvgIpc) is 2.87. The molecule has 3 heterocycles. The minimum atomic E-state index is -0.0652. The van der Waals surface area contributed by atoms with Crippen LogP contribution in [0.15, 0.2) is 23.0 Å². The number of hydrogen-bond donors (Lipinski definition) is 1. The smallest absolute Gasteiger partial charge is 0.255 e. The summed E-state index contributed by atoms with van der Waals surface area (Å²) in [5.74, 6) is 2.53. The van der Waals surface area contributed by atoms with E-state index in [4.69, 9.17) is 4.74 Å². The van der Waals surface area contributed by atoms with Gasteiger partial charge in [0.05, 0.1) is 12.8 Å². The first-order valence-electron chi connectivity index (χ1n) is 5.49. The van der Waals surface area contributed by atoms with Crippen LogP contribution in [-0.2, 0) is 11.5 Å². The SMILES string of the molecule is COc1cccc(-c2nc3c(c(=O)[nH]2)CSC3)n1. The number of ether oxygens (including phenoxy) is 1. The Kier molecular flexibility index (Phi) is 2.79. The molecule has 0 aromatic carbocycles. The van der Waals surface area contributed by atoms with E-state index >= 15 is 0 Å². The molecule has 1 N–H and O–H groups in total. The summed E-state index contributed by atoms with van der Waals surface area (Å²) >= 11 is 1.70. The first-order valence-corrected chi connectivity index (χ1v) is 6.64. The van der Waals surface area contributed by atoms with E-state index in [-0.39, 0.29) is 5.56 Å². The fourth-order valence-corrected chi connectivity index (χ4v) is 2.88. The number of hydrogen-bond acceptors (Lipinski definition) is 5. The lowest BCUT2D eigenvalue weighted by atomic mass is 10.2. The molecule has 0 atom stereocenters. The third-order valence-electron chi connectivity index (χ3n) is 2.76. The number of nitrogens with one attached hydrogen (secondary N) is 1. The zero-order valence-corrected chi connectivity index (χ0v) is 10.6. The highest BCUT2D eigenvalue weighted by molar-refractivity contribution is 7.98. The predicted octanol–water partition coefficient (Wildman–Crippen LogP) is 1.59. The molecule has 0 bridgehead atoms. The van der Waals surface area contributed by atoms with E-state index in [1.165, 1.54) is 0 Å². The molecule has 18 heavy (non-hydrogen) atoms. The highest BCUT2D eigenvalue weighted by Crippen LogP contribution is 2.26. The van der Waals surface area contributed by atoms with Crippen molar-refractivity contribution in [3.63, 3.8) is 0 Å². The maximum absolute atomic E-state index is 11.9. The number of aromatic amines is 1. The Morgan fingerprint density at radius 2 is 2.22 bits per heavy atom. The standard InChI is InChI=1S/C12H11N3O2S/c1-17-10-4-2-3-8(13-10)11-14-9-6-18-5-7(9)12(16)15-11/h2-4H,5-6H2,1H3,(H,14,15,16). The number of H-pyrrole nitrogens is 1. The zero-order valence-electron chi connectivity index (χ0n) is 9.77. The molecule has 1 aliphatic rings. The Hall–Kier alpha value is -1.82. The van der Waals surface area contributed by atoms with Gasteiger partial charge in [-0.15, -0.1) is 0 Å². The Morgan fingerprint density at radius 3 is 3.06 bits per heavy atom. The maximum Gasteiger partial charge on any atom is 0.255 e. The van der Waals surface area contributed by atoms with Gasteiger partial charge in [0.25, 0.3) is 5.56 Å². The van der Waals surface area contributed by atoms with Gasteiger partial charge in [-0.05, 0) is 6.07 Å². The number of nitrogens with zero attached hydrogens (tertiary/aromatic N) is 2. The molecule has 0 saturated heterocycles. The van der Waals surface area contributed by atoms with Crippen LogP contribution in [0.4, 0.5) is 0 Å². The molecule has 5 nitrogen and oxygen atoms in total. The summed E-state index contributed by atoms with van der Waals surface area (Å²) in [4.78, 5) is 23.4. The predicted molar refractivity (Wildman–Crippen MR) is 69.6 cm³/mol. The molecule has 3 rings (SSSR count). The second kappa shape index (κ2) is 4.45. The van der Waals surface area contributed by atoms with Crippen LogP contribution in [0.2, 0.25) is 0 Å². The van der Waals surface area contributed by atoms with Crippen LogP contribution in [0.3, 0.4) is 0 Å². The molecule has 2 aromatic rings. The molecule has 92 valence electrons. The van der Waals surface area contributed by atoms with Gasteiger partial charge in [0.2, 0.25) is 5.88 Å². The van der Waals surface area contributed by atoms with E-state index in [1.54, 1.807) is 31.0 Å². The van der Waals surface area contributed by atoms with Gasteiger partial charge in [0.15, 0.2) is 5.82 Å². The fraction of sp³-hybridized carbons (Fsp3) is 0.250. The molecule has 0 unspecified atom stereocenters. The second-order valence-corrected chi connectivity index (χ2v) is 4.88. The molecule has 0 saturated carbocycles. The summed E-state index contributed by atoms with van der Waals surface area (Å²) in [6.07, 6.45) is 0. The first-order chi connectivity index (χ1) is 8.78. The molecule has 0 spiro atoms. The van der Waals surface area contributed by atoms with Crippen molar-refractivity contribution in [3.8, 4) is 17.4 Å². The molecule has 0 aliphatic carbocycles. The van der Waals surface area contributed by atoms with Gasteiger partial charge in [-0.1, -0.05) is 6.07 Å². The van der Waals surface area contributed by atoms with Crippen molar-refractivity contribution >= 4 is 11.8 Å². The number of fused-ring (bicyclic) bond motifs is 1. The van der Waals surface area contributed by atoms with Gasteiger partial charge in [-0.2, -0.15) is 11.8 Å². The summed E-state index contributed by atoms with van der Waals surface area (Å²) < 4.78 is 5.06. The van der Waals surface area contributed by atoms with Crippen molar-refractivity contribution in [2.75, 3.05) is 7.11 Å². The summed E-state index contributed by atoms with van der Waals surface area (Å²) in [6.45, 7) is 0. The molecule has 1 aliphatic heterocycles. The Morgan fingerprint density at radius 1 is 1.33 bits per heavy atom. The number of thioether (sulfide) groups is 1.